The summed E-state index contributed by atoms with van der Waals surface area (Å²) in [6.07, 6.45) is 4.56. The van der Waals surface area contributed by atoms with Crippen molar-refractivity contribution in [2.45, 2.75) is 32.2 Å². The lowest BCUT2D eigenvalue weighted by atomic mass is 9.94. The number of para-hydroxylation sites is 2. The third-order valence-electron chi connectivity index (χ3n) is 5.35. The molecule has 2 heterocycles. The number of rotatable bonds is 6. The number of hydrogen-bond acceptors (Lipinski definition) is 3. The summed E-state index contributed by atoms with van der Waals surface area (Å²) in [7, 11) is 0. The standard InChI is InChI=1S/C22H28N4/c23-11-10-17-5-3-6-18(13-17)15-26-12-4-7-19(16-26)14-22-24-20-8-1-2-9-21(20)25-22/h1-3,5-6,8-9,13,19H,4,7,10-12,14-16,23H2,(H,24,25). The molecule has 2 aromatic carbocycles. The van der Waals surface area contributed by atoms with Crippen LogP contribution in [0.4, 0.5) is 0 Å². The van der Waals surface area contributed by atoms with Gasteiger partial charge in [-0.1, -0.05) is 36.4 Å². The summed E-state index contributed by atoms with van der Waals surface area (Å²) >= 11 is 0. The maximum atomic E-state index is 5.69. The molecular formula is C22H28N4. The number of piperidine rings is 1. The number of likely N-dealkylation sites (tertiary alicyclic amines) is 1. The van der Waals surface area contributed by atoms with E-state index in [9.17, 15) is 0 Å². The molecule has 1 saturated heterocycles. The summed E-state index contributed by atoms with van der Waals surface area (Å²) in [5.41, 5.74) is 10.7. The largest absolute Gasteiger partial charge is 0.342 e. The molecule has 0 aliphatic carbocycles. The zero-order chi connectivity index (χ0) is 17.8. The summed E-state index contributed by atoms with van der Waals surface area (Å²) in [4.78, 5) is 10.8. The third-order valence-corrected chi connectivity index (χ3v) is 5.35. The fourth-order valence-electron chi connectivity index (χ4n) is 4.15. The van der Waals surface area contributed by atoms with Gasteiger partial charge in [0.15, 0.2) is 0 Å². The van der Waals surface area contributed by atoms with Crippen LogP contribution in [0, 0.1) is 5.92 Å². The number of benzene rings is 2. The van der Waals surface area contributed by atoms with Crippen LogP contribution in [0.3, 0.4) is 0 Å². The molecule has 1 aromatic heterocycles. The highest BCUT2D eigenvalue weighted by Crippen LogP contribution is 2.23. The molecule has 0 saturated carbocycles. The molecule has 136 valence electrons. The number of nitrogens with zero attached hydrogens (tertiary/aromatic N) is 2. The number of nitrogens with two attached hydrogens (primary N) is 1. The van der Waals surface area contributed by atoms with E-state index in [4.69, 9.17) is 10.7 Å². The molecule has 1 aliphatic rings. The average Bonchev–Trinajstić information content (AvgIpc) is 3.05. The first-order valence-corrected chi connectivity index (χ1v) is 9.74. The predicted octanol–water partition coefficient (Wildman–Crippen LogP) is 3.52. The van der Waals surface area contributed by atoms with Gasteiger partial charge in [-0.15, -0.1) is 0 Å². The number of hydrogen-bond donors (Lipinski definition) is 2. The van der Waals surface area contributed by atoms with Crippen LogP contribution in [0.5, 0.6) is 0 Å². The summed E-state index contributed by atoms with van der Waals surface area (Å²) in [5.74, 6) is 1.81. The van der Waals surface area contributed by atoms with E-state index in [-0.39, 0.29) is 0 Å². The van der Waals surface area contributed by atoms with Crippen LogP contribution in [0.25, 0.3) is 11.0 Å². The molecule has 1 aliphatic heterocycles. The Balaban J connectivity index is 1.38. The van der Waals surface area contributed by atoms with E-state index in [1.807, 2.05) is 6.07 Å². The SMILES string of the molecule is NCCc1cccc(CN2CCCC(Cc3nc4ccccc4[nH]3)C2)c1. The maximum Gasteiger partial charge on any atom is 0.107 e. The minimum Gasteiger partial charge on any atom is -0.342 e. The monoisotopic (exact) mass is 348 g/mol. The van der Waals surface area contributed by atoms with E-state index in [0.29, 0.717) is 12.5 Å². The van der Waals surface area contributed by atoms with Gasteiger partial charge in [0.1, 0.15) is 5.82 Å². The molecule has 1 atom stereocenters. The molecule has 3 aromatic rings. The molecule has 0 amide bonds. The highest BCUT2D eigenvalue weighted by Gasteiger charge is 2.21. The number of aromatic amines is 1. The topological polar surface area (TPSA) is 57.9 Å². The van der Waals surface area contributed by atoms with E-state index in [1.54, 1.807) is 0 Å². The van der Waals surface area contributed by atoms with Crippen LogP contribution in [0.1, 0.15) is 29.8 Å². The number of H-pyrrole nitrogens is 1. The lowest BCUT2D eigenvalue weighted by Crippen LogP contribution is -2.35. The predicted molar refractivity (Wildman–Crippen MR) is 107 cm³/mol. The molecule has 0 bridgehead atoms. The van der Waals surface area contributed by atoms with Crippen LogP contribution in [-0.2, 0) is 19.4 Å². The van der Waals surface area contributed by atoms with E-state index < -0.39 is 0 Å². The van der Waals surface area contributed by atoms with Crippen molar-refractivity contribution in [1.29, 1.82) is 0 Å². The Labute approximate surface area is 155 Å². The molecule has 1 fully saturated rings. The zero-order valence-electron chi connectivity index (χ0n) is 15.3. The van der Waals surface area contributed by atoms with Gasteiger partial charge in [-0.3, -0.25) is 4.90 Å². The quantitative estimate of drug-likeness (QED) is 0.716. The summed E-state index contributed by atoms with van der Waals surface area (Å²) < 4.78 is 0. The molecule has 4 nitrogen and oxygen atoms in total. The smallest absolute Gasteiger partial charge is 0.107 e. The van der Waals surface area contributed by atoms with Gasteiger partial charge < -0.3 is 10.7 Å². The molecule has 0 spiro atoms. The molecule has 4 heteroatoms. The highest BCUT2D eigenvalue weighted by molar-refractivity contribution is 5.74. The van der Waals surface area contributed by atoms with E-state index in [1.165, 1.54) is 30.5 Å². The second-order valence-corrected chi connectivity index (χ2v) is 7.51. The molecule has 0 radical (unpaired) electrons. The lowest BCUT2D eigenvalue weighted by Gasteiger charge is -2.32. The van der Waals surface area contributed by atoms with Crippen molar-refractivity contribution in [3.8, 4) is 0 Å². The van der Waals surface area contributed by atoms with Crippen molar-refractivity contribution in [2.24, 2.45) is 11.7 Å². The number of aromatic nitrogens is 2. The minimum atomic E-state index is 0.677. The van der Waals surface area contributed by atoms with Gasteiger partial charge >= 0.3 is 0 Å². The van der Waals surface area contributed by atoms with Gasteiger partial charge in [-0.25, -0.2) is 4.98 Å². The Hall–Kier alpha value is -2.17. The van der Waals surface area contributed by atoms with Crippen LogP contribution in [0.2, 0.25) is 0 Å². The summed E-state index contributed by atoms with van der Waals surface area (Å²) in [6, 6.07) is 17.2. The Kier molecular flexibility index (Phi) is 5.32. The van der Waals surface area contributed by atoms with Crippen LogP contribution in [-0.4, -0.2) is 34.5 Å². The minimum absolute atomic E-state index is 0.677. The van der Waals surface area contributed by atoms with Gasteiger partial charge in [0.25, 0.3) is 0 Å². The highest BCUT2D eigenvalue weighted by atomic mass is 15.1. The molecule has 3 N–H and O–H groups in total. The second kappa shape index (κ2) is 8.02. The van der Waals surface area contributed by atoms with Crippen molar-refractivity contribution in [3.63, 3.8) is 0 Å². The van der Waals surface area contributed by atoms with Crippen molar-refractivity contribution in [1.82, 2.24) is 14.9 Å². The van der Waals surface area contributed by atoms with E-state index in [2.05, 4.69) is 52.3 Å². The first kappa shape index (κ1) is 17.3. The lowest BCUT2D eigenvalue weighted by molar-refractivity contribution is 0.166. The number of nitrogens with one attached hydrogen (secondary N) is 1. The van der Waals surface area contributed by atoms with Gasteiger partial charge in [0.2, 0.25) is 0 Å². The van der Waals surface area contributed by atoms with Crippen LogP contribution >= 0.6 is 0 Å². The van der Waals surface area contributed by atoms with Gasteiger partial charge in [0.05, 0.1) is 11.0 Å². The van der Waals surface area contributed by atoms with Crippen molar-refractivity contribution >= 4 is 11.0 Å². The third kappa shape index (κ3) is 4.14. The maximum absolute atomic E-state index is 5.69. The van der Waals surface area contributed by atoms with E-state index >= 15 is 0 Å². The van der Waals surface area contributed by atoms with Crippen molar-refractivity contribution in [3.05, 3.63) is 65.5 Å². The normalized spacial score (nSPS) is 18.4. The molecule has 1 unspecified atom stereocenters. The summed E-state index contributed by atoms with van der Waals surface area (Å²) in [5, 5.41) is 0. The van der Waals surface area contributed by atoms with Crippen LogP contribution in [0.15, 0.2) is 48.5 Å². The van der Waals surface area contributed by atoms with Gasteiger partial charge in [-0.05, 0) is 61.5 Å². The molecule has 4 rings (SSSR count). The van der Waals surface area contributed by atoms with Crippen LogP contribution < -0.4 is 5.73 Å². The van der Waals surface area contributed by atoms with Crippen molar-refractivity contribution < 1.29 is 0 Å². The molecule has 26 heavy (non-hydrogen) atoms. The Morgan fingerprint density at radius 2 is 2.00 bits per heavy atom. The number of imidazole rings is 1. The fraction of sp³-hybridized carbons (Fsp3) is 0.409. The Morgan fingerprint density at radius 3 is 2.88 bits per heavy atom. The van der Waals surface area contributed by atoms with E-state index in [0.717, 1.165) is 42.8 Å². The second-order valence-electron chi connectivity index (χ2n) is 7.51. The number of fused-ring (bicyclic) bond motifs is 1. The Morgan fingerprint density at radius 1 is 1.12 bits per heavy atom. The van der Waals surface area contributed by atoms with Gasteiger partial charge in [-0.2, -0.15) is 0 Å². The first-order valence-electron chi connectivity index (χ1n) is 9.74. The average molecular weight is 348 g/mol. The Bertz CT molecular complexity index is 821. The zero-order valence-corrected chi connectivity index (χ0v) is 15.3. The molecular weight excluding hydrogens is 320 g/mol. The van der Waals surface area contributed by atoms with Gasteiger partial charge in [0, 0.05) is 19.5 Å². The first-order chi connectivity index (χ1) is 12.8. The fourth-order valence-corrected chi connectivity index (χ4v) is 4.15. The summed E-state index contributed by atoms with van der Waals surface area (Å²) in [6.45, 7) is 4.09. The van der Waals surface area contributed by atoms with Crippen molar-refractivity contribution in [2.75, 3.05) is 19.6 Å².